The number of sulfonamides is 1. The monoisotopic (exact) mass is 444 g/mol. The van der Waals surface area contributed by atoms with Crippen molar-refractivity contribution in [3.05, 3.63) is 35.2 Å². The molecule has 0 aliphatic carbocycles. The van der Waals surface area contributed by atoms with Gasteiger partial charge in [0.15, 0.2) is 5.96 Å². The minimum absolute atomic E-state index is 0.218. The standard InChI is InChI=1S/C17H25ClN6O2S2/c1-13-5-9-23(11-14(13)24-10-8-20-12-24)17(19-2)21-6-7-22-28(25,26)16-4-3-15(18)27-16/h3-4,8,10,12-14,22H,5-7,9,11H2,1-2H3,(H,19,21). The molecule has 1 saturated heterocycles. The van der Waals surface area contributed by atoms with Crippen LogP contribution in [-0.2, 0) is 10.0 Å². The van der Waals surface area contributed by atoms with E-state index in [-0.39, 0.29) is 10.8 Å². The van der Waals surface area contributed by atoms with E-state index in [9.17, 15) is 8.42 Å². The van der Waals surface area contributed by atoms with Gasteiger partial charge >= 0.3 is 0 Å². The average molecular weight is 445 g/mol. The van der Waals surface area contributed by atoms with E-state index in [0.717, 1.165) is 36.8 Å². The highest BCUT2D eigenvalue weighted by molar-refractivity contribution is 7.91. The van der Waals surface area contributed by atoms with Gasteiger partial charge in [0, 0.05) is 45.6 Å². The normalized spacial score (nSPS) is 21.1. The Kier molecular flexibility index (Phi) is 6.97. The van der Waals surface area contributed by atoms with Crippen LogP contribution in [0.1, 0.15) is 19.4 Å². The summed E-state index contributed by atoms with van der Waals surface area (Å²) in [5.41, 5.74) is 0. The van der Waals surface area contributed by atoms with E-state index in [0.29, 0.717) is 22.8 Å². The molecule has 0 bridgehead atoms. The third-order valence-electron chi connectivity index (χ3n) is 4.85. The van der Waals surface area contributed by atoms with Gasteiger partial charge in [-0.05, 0) is 24.5 Å². The zero-order valence-corrected chi connectivity index (χ0v) is 18.3. The van der Waals surface area contributed by atoms with Crippen molar-refractivity contribution in [1.29, 1.82) is 0 Å². The fourth-order valence-corrected chi connectivity index (χ4v) is 5.86. The zero-order chi connectivity index (χ0) is 20.1. The molecule has 2 N–H and O–H groups in total. The first-order chi connectivity index (χ1) is 13.4. The van der Waals surface area contributed by atoms with Crippen molar-refractivity contribution in [2.24, 2.45) is 10.9 Å². The summed E-state index contributed by atoms with van der Waals surface area (Å²) in [6.45, 7) is 4.69. The maximum absolute atomic E-state index is 12.2. The Hall–Kier alpha value is -1.62. The smallest absolute Gasteiger partial charge is 0.250 e. The lowest BCUT2D eigenvalue weighted by Gasteiger charge is -2.39. The summed E-state index contributed by atoms with van der Waals surface area (Å²) in [7, 11) is -1.79. The van der Waals surface area contributed by atoms with Crippen LogP contribution in [0.2, 0.25) is 4.34 Å². The van der Waals surface area contributed by atoms with Crippen LogP contribution < -0.4 is 10.0 Å². The number of imidazole rings is 1. The van der Waals surface area contributed by atoms with E-state index in [2.05, 4.69) is 36.4 Å². The maximum atomic E-state index is 12.2. The highest BCUT2D eigenvalue weighted by atomic mass is 35.5. The summed E-state index contributed by atoms with van der Waals surface area (Å²) < 4.78 is 29.9. The number of rotatable bonds is 6. The number of hydrogen-bond acceptors (Lipinski definition) is 5. The van der Waals surface area contributed by atoms with Crippen LogP contribution in [0, 0.1) is 5.92 Å². The van der Waals surface area contributed by atoms with Gasteiger partial charge in [-0.25, -0.2) is 18.1 Å². The molecule has 2 aromatic heterocycles. The molecular weight excluding hydrogens is 420 g/mol. The summed E-state index contributed by atoms with van der Waals surface area (Å²) in [6, 6.07) is 3.42. The Bertz CT molecular complexity index is 897. The predicted octanol–water partition coefficient (Wildman–Crippen LogP) is 2.03. The molecule has 2 unspecified atom stereocenters. The van der Waals surface area contributed by atoms with Gasteiger partial charge in [-0.15, -0.1) is 11.3 Å². The largest absolute Gasteiger partial charge is 0.355 e. The minimum Gasteiger partial charge on any atom is -0.355 e. The highest BCUT2D eigenvalue weighted by Gasteiger charge is 2.28. The van der Waals surface area contributed by atoms with Crippen molar-refractivity contribution in [2.45, 2.75) is 23.6 Å². The molecule has 1 aliphatic rings. The topological polar surface area (TPSA) is 91.6 Å². The Morgan fingerprint density at radius 1 is 1.43 bits per heavy atom. The Labute approximate surface area is 174 Å². The number of nitrogens with zero attached hydrogens (tertiary/aromatic N) is 4. The third kappa shape index (κ3) is 5.05. The van der Waals surface area contributed by atoms with Gasteiger partial charge in [0.05, 0.1) is 16.7 Å². The Morgan fingerprint density at radius 3 is 2.89 bits per heavy atom. The van der Waals surface area contributed by atoms with Crippen molar-refractivity contribution < 1.29 is 8.42 Å². The second-order valence-corrected chi connectivity index (χ2v) is 10.4. The van der Waals surface area contributed by atoms with Crippen molar-refractivity contribution in [1.82, 2.24) is 24.5 Å². The fourth-order valence-electron chi connectivity index (χ4n) is 3.30. The molecule has 0 aromatic carbocycles. The average Bonchev–Trinajstić information content (AvgIpc) is 3.34. The number of aliphatic imine (C=N–C) groups is 1. The molecular formula is C17H25ClN6O2S2. The number of thiophene rings is 1. The lowest BCUT2D eigenvalue weighted by molar-refractivity contribution is 0.189. The first kappa shape index (κ1) is 21.1. The second kappa shape index (κ2) is 9.25. The van der Waals surface area contributed by atoms with Gasteiger partial charge in [-0.2, -0.15) is 0 Å². The van der Waals surface area contributed by atoms with E-state index in [1.54, 1.807) is 19.3 Å². The number of likely N-dealkylation sites (tertiary alicyclic amines) is 1. The second-order valence-electron chi connectivity index (χ2n) is 6.72. The van der Waals surface area contributed by atoms with Crippen LogP contribution in [0.3, 0.4) is 0 Å². The van der Waals surface area contributed by atoms with E-state index in [1.165, 1.54) is 6.07 Å². The summed E-state index contributed by atoms with van der Waals surface area (Å²) in [5.74, 6) is 1.32. The molecule has 1 aliphatic heterocycles. The first-order valence-corrected chi connectivity index (χ1v) is 11.8. The lowest BCUT2D eigenvalue weighted by atomic mass is 9.93. The van der Waals surface area contributed by atoms with Crippen LogP contribution in [0.4, 0.5) is 0 Å². The van der Waals surface area contributed by atoms with Gasteiger partial charge in [0.2, 0.25) is 10.0 Å². The number of aromatic nitrogens is 2. The molecule has 1 fully saturated rings. The third-order valence-corrected chi connectivity index (χ3v) is 8.04. The van der Waals surface area contributed by atoms with Crippen LogP contribution in [0.15, 0.2) is 40.1 Å². The van der Waals surface area contributed by atoms with E-state index < -0.39 is 10.0 Å². The molecule has 3 rings (SSSR count). The van der Waals surface area contributed by atoms with Crippen molar-refractivity contribution in [3.63, 3.8) is 0 Å². The summed E-state index contributed by atoms with van der Waals surface area (Å²) in [4.78, 5) is 10.7. The van der Waals surface area contributed by atoms with Crippen molar-refractivity contribution in [2.75, 3.05) is 33.2 Å². The van der Waals surface area contributed by atoms with Crippen molar-refractivity contribution >= 4 is 38.9 Å². The molecule has 0 saturated carbocycles. The van der Waals surface area contributed by atoms with E-state index >= 15 is 0 Å². The molecule has 11 heteroatoms. The van der Waals surface area contributed by atoms with Crippen molar-refractivity contribution in [3.8, 4) is 0 Å². The van der Waals surface area contributed by atoms with Gasteiger partial charge in [-0.1, -0.05) is 18.5 Å². The van der Waals surface area contributed by atoms with Gasteiger partial charge in [0.1, 0.15) is 4.21 Å². The highest BCUT2D eigenvalue weighted by Crippen LogP contribution is 2.27. The molecule has 2 aromatic rings. The number of nitrogens with one attached hydrogen (secondary N) is 2. The molecule has 8 nitrogen and oxygen atoms in total. The number of guanidine groups is 1. The zero-order valence-electron chi connectivity index (χ0n) is 15.9. The molecule has 28 heavy (non-hydrogen) atoms. The number of hydrogen-bond donors (Lipinski definition) is 2. The number of halogens is 1. The molecule has 0 spiro atoms. The maximum Gasteiger partial charge on any atom is 0.250 e. The summed E-state index contributed by atoms with van der Waals surface area (Å²) in [6.07, 6.45) is 6.69. The van der Waals surface area contributed by atoms with Crippen LogP contribution in [0.25, 0.3) is 0 Å². The SMILES string of the molecule is CN=C(NCCNS(=O)(=O)c1ccc(Cl)s1)N1CCC(C)C(n2ccnc2)C1. The van der Waals surface area contributed by atoms with Gasteiger partial charge < -0.3 is 14.8 Å². The van der Waals surface area contributed by atoms with E-state index in [1.807, 2.05) is 12.5 Å². The first-order valence-electron chi connectivity index (χ1n) is 9.08. The molecule has 0 amide bonds. The van der Waals surface area contributed by atoms with Gasteiger partial charge in [-0.3, -0.25) is 4.99 Å². The fraction of sp³-hybridized carbons (Fsp3) is 0.529. The Morgan fingerprint density at radius 2 is 2.25 bits per heavy atom. The van der Waals surface area contributed by atoms with Gasteiger partial charge in [0.25, 0.3) is 0 Å². The van der Waals surface area contributed by atoms with Crippen LogP contribution in [-0.4, -0.2) is 62.1 Å². The summed E-state index contributed by atoms with van der Waals surface area (Å²) >= 11 is 6.86. The predicted molar refractivity (Wildman–Crippen MR) is 112 cm³/mol. The molecule has 154 valence electrons. The molecule has 0 radical (unpaired) electrons. The minimum atomic E-state index is -3.53. The Balaban J connectivity index is 1.52. The number of piperidine rings is 1. The quantitative estimate of drug-likeness (QED) is 0.404. The van der Waals surface area contributed by atoms with Crippen LogP contribution >= 0.6 is 22.9 Å². The molecule has 3 heterocycles. The van der Waals surface area contributed by atoms with E-state index in [4.69, 9.17) is 11.6 Å². The summed E-state index contributed by atoms with van der Waals surface area (Å²) in [5, 5.41) is 3.25. The molecule has 2 atom stereocenters. The lowest BCUT2D eigenvalue weighted by Crippen LogP contribution is -2.50. The van der Waals surface area contributed by atoms with Crippen LogP contribution in [0.5, 0.6) is 0 Å².